The highest BCUT2D eigenvalue weighted by molar-refractivity contribution is 8.14. The molecule has 47 heavy (non-hydrogen) atoms. The third-order valence-corrected chi connectivity index (χ3v) is 10.5. The van der Waals surface area contributed by atoms with E-state index in [1.807, 2.05) is 29.2 Å². The highest BCUT2D eigenvalue weighted by Crippen LogP contribution is 2.40. The predicted octanol–water partition coefficient (Wildman–Crippen LogP) is 7.40. The Morgan fingerprint density at radius 1 is 0.936 bits per heavy atom. The molecule has 1 saturated carbocycles. The standard InChI is InChI=1S/C22H23FN2O3S.C14H17NOS.ClH/c1-14(26)29-20-8-9-25(12-16(20)10-17-11-24-13-28-17)21(22(27)15-6-7-15)18-4-2-3-5-19(18)23;1-11(16)17-14-7-8-15-10-13(14)9-12-5-3-2-4-6-12;/h2-5,10-11,13,15,20-21H,6-9,12H2,1H3;2-6,9,14-15H,7-8,10H2,1H3;1H/b16-10+;13-9+;. The summed E-state index contributed by atoms with van der Waals surface area (Å²) < 4.78 is 20.0. The van der Waals surface area contributed by atoms with Crippen LogP contribution < -0.4 is 5.32 Å². The molecule has 0 amide bonds. The Kier molecular flexibility index (Phi) is 14.0. The van der Waals surface area contributed by atoms with Crippen LogP contribution >= 0.6 is 35.9 Å². The first-order chi connectivity index (χ1) is 22.3. The van der Waals surface area contributed by atoms with E-state index >= 15 is 0 Å². The minimum absolute atomic E-state index is 0. The third-order valence-electron chi connectivity index (χ3n) is 8.17. The van der Waals surface area contributed by atoms with Crippen LogP contribution in [-0.4, -0.2) is 62.6 Å². The van der Waals surface area contributed by atoms with Gasteiger partial charge in [-0.15, -0.1) is 12.4 Å². The lowest BCUT2D eigenvalue weighted by molar-refractivity contribution is -0.126. The lowest BCUT2D eigenvalue weighted by atomic mass is 9.93. The molecule has 7 nitrogen and oxygen atoms in total. The van der Waals surface area contributed by atoms with Gasteiger partial charge >= 0.3 is 0 Å². The minimum Gasteiger partial charge on any atom is -0.444 e. The van der Waals surface area contributed by atoms with Crippen LogP contribution in [0, 0.1) is 11.7 Å². The van der Waals surface area contributed by atoms with Crippen molar-refractivity contribution in [3.05, 3.63) is 101 Å². The number of carbonyl (C=O) groups is 3. The summed E-state index contributed by atoms with van der Waals surface area (Å²) in [4.78, 5) is 42.1. The molecule has 3 aliphatic rings. The van der Waals surface area contributed by atoms with E-state index in [2.05, 4.69) is 28.5 Å². The van der Waals surface area contributed by atoms with Gasteiger partial charge in [0.25, 0.3) is 0 Å². The second-order valence-corrected chi connectivity index (χ2v) is 14.5. The van der Waals surface area contributed by atoms with Crippen molar-refractivity contribution in [1.82, 2.24) is 15.2 Å². The number of thioether (sulfide) groups is 2. The third kappa shape index (κ3) is 10.7. The molecule has 1 N–H and O–H groups in total. The summed E-state index contributed by atoms with van der Waals surface area (Å²) in [7, 11) is 0. The molecule has 0 spiro atoms. The smallest absolute Gasteiger partial charge is 0.186 e. The van der Waals surface area contributed by atoms with Crippen LogP contribution in [0.15, 0.2) is 82.8 Å². The SMILES string of the molecule is CC(=O)SC1CCN(C(C(=O)C2CC2)c2ccccc2F)C/C1=C\c1cnco1.CC(=O)SC1CCNC/C1=C\c1ccccc1.Cl. The van der Waals surface area contributed by atoms with Crippen molar-refractivity contribution < 1.29 is 23.2 Å². The number of Topliss-reactive ketones (excluding diaryl/α,β-unsaturated/α-hetero) is 1. The summed E-state index contributed by atoms with van der Waals surface area (Å²) in [6.07, 6.45) is 10.6. The first-order valence-corrected chi connectivity index (χ1v) is 17.5. The van der Waals surface area contributed by atoms with E-state index in [1.54, 1.807) is 38.2 Å². The maximum atomic E-state index is 14.6. The van der Waals surface area contributed by atoms with Crippen LogP contribution in [0.4, 0.5) is 4.39 Å². The van der Waals surface area contributed by atoms with Crippen LogP contribution in [0.2, 0.25) is 0 Å². The molecular formula is C36H41ClFN3O4S2. The van der Waals surface area contributed by atoms with Gasteiger partial charge in [-0.3, -0.25) is 19.3 Å². The van der Waals surface area contributed by atoms with Gasteiger partial charge in [0.2, 0.25) is 0 Å². The van der Waals surface area contributed by atoms with Gasteiger partial charge in [-0.1, -0.05) is 78.1 Å². The highest BCUT2D eigenvalue weighted by Gasteiger charge is 2.41. The molecule has 2 saturated heterocycles. The molecule has 1 aromatic heterocycles. The number of rotatable bonds is 8. The molecule has 3 aromatic rings. The molecule has 3 fully saturated rings. The number of nitrogens with one attached hydrogen (secondary N) is 1. The molecule has 0 bridgehead atoms. The van der Waals surface area contributed by atoms with E-state index in [0.29, 0.717) is 36.1 Å². The fraction of sp³-hybridized carbons (Fsp3) is 0.389. The summed E-state index contributed by atoms with van der Waals surface area (Å²) in [6.45, 7) is 6.19. The summed E-state index contributed by atoms with van der Waals surface area (Å²) in [5.41, 5.74) is 3.95. The van der Waals surface area contributed by atoms with Gasteiger partial charge in [-0.25, -0.2) is 9.37 Å². The molecule has 3 atom stereocenters. The minimum atomic E-state index is -0.606. The summed E-state index contributed by atoms with van der Waals surface area (Å²) in [5, 5.41) is 3.97. The van der Waals surface area contributed by atoms with E-state index in [-0.39, 0.29) is 45.4 Å². The molecule has 1 aliphatic carbocycles. The van der Waals surface area contributed by atoms with Crippen molar-refractivity contribution in [3.8, 4) is 0 Å². The van der Waals surface area contributed by atoms with Crippen LogP contribution in [0.1, 0.15) is 62.5 Å². The highest BCUT2D eigenvalue weighted by atomic mass is 35.5. The predicted molar refractivity (Wildman–Crippen MR) is 191 cm³/mol. The average Bonchev–Trinajstić information content (AvgIpc) is 3.77. The first-order valence-electron chi connectivity index (χ1n) is 15.7. The number of hydrogen-bond acceptors (Lipinski definition) is 9. The fourth-order valence-electron chi connectivity index (χ4n) is 5.88. The van der Waals surface area contributed by atoms with Crippen molar-refractivity contribution in [1.29, 1.82) is 0 Å². The first kappa shape index (κ1) is 36.8. The second-order valence-electron chi connectivity index (χ2n) is 11.8. The van der Waals surface area contributed by atoms with Gasteiger partial charge in [0.05, 0.1) is 12.2 Å². The number of nitrogens with zero attached hydrogens (tertiary/aromatic N) is 2. The number of benzene rings is 2. The van der Waals surface area contributed by atoms with Crippen molar-refractivity contribution >= 4 is 64.1 Å². The molecule has 2 aliphatic heterocycles. The molecule has 6 rings (SSSR count). The summed E-state index contributed by atoms with van der Waals surface area (Å²) >= 11 is 2.75. The number of hydrogen-bond donors (Lipinski definition) is 1. The van der Waals surface area contributed by atoms with Crippen molar-refractivity contribution in [2.24, 2.45) is 5.92 Å². The summed E-state index contributed by atoms with van der Waals surface area (Å²) in [5.74, 6) is 0.358. The number of ketones is 1. The second kappa shape index (κ2) is 17.9. The Labute approximate surface area is 290 Å². The van der Waals surface area contributed by atoms with Gasteiger partial charge in [0.1, 0.15) is 11.6 Å². The van der Waals surface area contributed by atoms with Gasteiger partial charge in [-0.2, -0.15) is 0 Å². The Bertz CT molecular complexity index is 1560. The maximum absolute atomic E-state index is 14.6. The lowest BCUT2D eigenvalue weighted by Gasteiger charge is -2.38. The molecule has 250 valence electrons. The molecular weight excluding hydrogens is 657 g/mol. The number of carbonyl (C=O) groups excluding carboxylic acids is 3. The number of likely N-dealkylation sites (tertiary alicyclic amines) is 1. The number of halogens is 2. The van der Waals surface area contributed by atoms with Gasteiger partial charge in [-0.05, 0) is 61.1 Å². The van der Waals surface area contributed by atoms with E-state index in [4.69, 9.17) is 4.42 Å². The van der Waals surface area contributed by atoms with Gasteiger partial charge in [0.15, 0.2) is 22.4 Å². The van der Waals surface area contributed by atoms with Crippen molar-refractivity contribution in [2.45, 2.75) is 56.1 Å². The quantitative estimate of drug-likeness (QED) is 0.258. The molecule has 3 unspecified atom stereocenters. The average molecular weight is 698 g/mol. The van der Waals surface area contributed by atoms with E-state index < -0.39 is 6.04 Å². The number of piperidine rings is 2. The Hall–Kier alpha value is -3.02. The van der Waals surface area contributed by atoms with Crippen LogP contribution in [0.3, 0.4) is 0 Å². The lowest BCUT2D eigenvalue weighted by Crippen LogP contribution is -2.43. The topological polar surface area (TPSA) is 92.5 Å². The molecule has 11 heteroatoms. The van der Waals surface area contributed by atoms with Crippen molar-refractivity contribution in [3.63, 3.8) is 0 Å². The van der Waals surface area contributed by atoms with E-state index in [0.717, 1.165) is 37.9 Å². The van der Waals surface area contributed by atoms with Crippen molar-refractivity contribution in [2.75, 3.05) is 26.2 Å². The molecule has 2 aromatic carbocycles. The Morgan fingerprint density at radius 2 is 1.62 bits per heavy atom. The van der Waals surface area contributed by atoms with Crippen LogP contribution in [0.5, 0.6) is 0 Å². The zero-order valence-corrected chi connectivity index (χ0v) is 29.1. The van der Waals surface area contributed by atoms with Crippen LogP contribution in [0.25, 0.3) is 12.2 Å². The largest absolute Gasteiger partial charge is 0.444 e. The molecule has 0 radical (unpaired) electrons. The zero-order valence-electron chi connectivity index (χ0n) is 26.6. The Morgan fingerprint density at radius 3 is 2.26 bits per heavy atom. The monoisotopic (exact) mass is 697 g/mol. The number of oxazole rings is 1. The normalized spacial score (nSPS) is 22.1. The van der Waals surface area contributed by atoms with E-state index in [1.165, 1.54) is 47.1 Å². The van der Waals surface area contributed by atoms with E-state index in [9.17, 15) is 18.8 Å². The zero-order chi connectivity index (χ0) is 32.5. The van der Waals surface area contributed by atoms with Crippen LogP contribution in [-0.2, 0) is 14.4 Å². The molecule has 3 heterocycles. The van der Waals surface area contributed by atoms with Gasteiger partial charge < -0.3 is 9.73 Å². The fourth-order valence-corrected chi connectivity index (χ4v) is 7.74. The Balaban J connectivity index is 0.000000238. The summed E-state index contributed by atoms with van der Waals surface area (Å²) in [6, 6.07) is 16.2. The number of aromatic nitrogens is 1. The maximum Gasteiger partial charge on any atom is 0.186 e. The van der Waals surface area contributed by atoms with Gasteiger partial charge in [0, 0.05) is 55.5 Å².